The Morgan fingerprint density at radius 1 is 0.766 bits per heavy atom. The highest BCUT2D eigenvalue weighted by Gasteiger charge is 2.39. The number of carbonyl (C=O) groups excluding carboxylic acids is 2. The highest BCUT2D eigenvalue weighted by atomic mass is 32.2. The molecule has 0 spiro atoms. The van der Waals surface area contributed by atoms with Crippen molar-refractivity contribution >= 4 is 28.0 Å². The van der Waals surface area contributed by atoms with Gasteiger partial charge in [-0.2, -0.15) is 4.98 Å². The van der Waals surface area contributed by atoms with Crippen molar-refractivity contribution in [2.75, 3.05) is 44.4 Å². The normalized spacial score (nSPS) is 11.7. The molecule has 0 aliphatic carbocycles. The largest absolute Gasteiger partial charge is 0.510 e. The Hall–Kier alpha value is -7.11. The molecule has 1 unspecified atom stereocenters. The molecule has 24 heteroatoms. The van der Waals surface area contributed by atoms with Crippen LogP contribution in [0, 0.1) is 20.2 Å². The fourth-order valence-corrected chi connectivity index (χ4v) is 7.07. The van der Waals surface area contributed by atoms with E-state index in [1.807, 2.05) is 20.8 Å². The van der Waals surface area contributed by atoms with E-state index in [9.17, 15) is 29.8 Å². The molecule has 0 fully saturated rings. The molecule has 4 aromatic rings. The zero-order chi connectivity index (χ0) is 46.7. The molecule has 0 amide bonds. The molecule has 2 aromatic heterocycles. The van der Waals surface area contributed by atoms with Crippen LogP contribution in [0.25, 0.3) is 11.6 Å². The lowest BCUT2D eigenvalue weighted by Crippen LogP contribution is -2.42. The van der Waals surface area contributed by atoms with E-state index in [-0.39, 0.29) is 91.6 Å². The molecule has 23 nitrogen and oxygen atoms in total. The van der Waals surface area contributed by atoms with Gasteiger partial charge in [-0.15, -0.1) is 20.2 Å². The highest BCUT2D eigenvalue weighted by Crippen LogP contribution is 2.44. The summed E-state index contributed by atoms with van der Waals surface area (Å²) in [5, 5.41) is 19.0. The second-order valence-corrected chi connectivity index (χ2v) is 16.2. The van der Waals surface area contributed by atoms with E-state index in [2.05, 4.69) is 29.6 Å². The van der Waals surface area contributed by atoms with Gasteiger partial charge in [0.05, 0.1) is 31.8 Å². The fraction of sp³-hybridized carbons (Fsp3) is 0.450. The van der Waals surface area contributed by atoms with Gasteiger partial charge in [-0.25, -0.2) is 32.5 Å². The number of anilines is 1. The molecule has 0 saturated carbocycles. The predicted molar refractivity (Wildman–Crippen MR) is 223 cm³/mol. The van der Waals surface area contributed by atoms with Crippen LogP contribution in [0.4, 0.5) is 10.6 Å². The van der Waals surface area contributed by atoms with Crippen LogP contribution < -0.4 is 18.5 Å². The third-order valence-corrected chi connectivity index (χ3v) is 10.6. The number of esters is 1. The maximum atomic E-state index is 15.0. The van der Waals surface area contributed by atoms with Crippen molar-refractivity contribution in [3.05, 3.63) is 92.8 Å². The summed E-state index contributed by atoms with van der Waals surface area (Å²) < 4.78 is 64.7. The zero-order valence-electron chi connectivity index (χ0n) is 35.8. The van der Waals surface area contributed by atoms with Crippen molar-refractivity contribution in [2.24, 2.45) is 0 Å². The van der Waals surface area contributed by atoms with E-state index in [1.165, 1.54) is 50.7 Å². The van der Waals surface area contributed by atoms with Crippen LogP contribution in [0.2, 0.25) is 0 Å². The minimum absolute atomic E-state index is 0.00760. The smallest absolute Gasteiger partial charge is 0.493 e. The van der Waals surface area contributed by atoms with Crippen LogP contribution in [-0.4, -0.2) is 97.0 Å². The number of rotatable bonds is 26. The summed E-state index contributed by atoms with van der Waals surface area (Å²) in [5.74, 6) is -1.97. The number of ether oxygens (including phenoxy) is 6. The van der Waals surface area contributed by atoms with Crippen molar-refractivity contribution in [1.82, 2.24) is 19.9 Å². The first-order chi connectivity index (χ1) is 30.5. The quantitative estimate of drug-likeness (QED) is 0.0216. The summed E-state index contributed by atoms with van der Waals surface area (Å²) in [5.41, 5.74) is 0.473. The molecular formula is C40H49N7O16S. The van der Waals surface area contributed by atoms with Crippen molar-refractivity contribution in [1.29, 1.82) is 0 Å². The zero-order valence-corrected chi connectivity index (χ0v) is 36.6. The van der Waals surface area contributed by atoms with Gasteiger partial charge in [-0.1, -0.05) is 51.5 Å². The summed E-state index contributed by atoms with van der Waals surface area (Å²) in [6.45, 7) is 5.87. The number of para-hydroxylation sites is 2. The monoisotopic (exact) mass is 915 g/mol. The average molecular weight is 916 g/mol. The Morgan fingerprint density at radius 3 is 2.02 bits per heavy atom. The minimum Gasteiger partial charge on any atom is -0.493 e. The molecule has 1 atom stereocenters. The van der Waals surface area contributed by atoms with Gasteiger partial charge < -0.3 is 38.1 Å². The van der Waals surface area contributed by atoms with Crippen LogP contribution in [-0.2, 0) is 44.1 Å². The third kappa shape index (κ3) is 15.1. The molecule has 0 saturated heterocycles. The number of aromatic nitrogens is 4. The average Bonchev–Trinajstić information content (AvgIpc) is 3.25. The Bertz CT molecular complexity index is 2280. The molecule has 64 heavy (non-hydrogen) atoms. The third-order valence-electron chi connectivity index (χ3n) is 8.71. The number of sulfonamides is 1. The lowest BCUT2D eigenvalue weighted by Gasteiger charge is -2.30. The molecule has 2 heterocycles. The van der Waals surface area contributed by atoms with Crippen LogP contribution in [0.5, 0.6) is 23.1 Å². The molecule has 0 radical (unpaired) electrons. The fourth-order valence-electron chi connectivity index (χ4n) is 5.58. The van der Waals surface area contributed by atoms with Gasteiger partial charge in [0.25, 0.3) is 26.1 Å². The van der Waals surface area contributed by atoms with Crippen LogP contribution in [0.15, 0.2) is 71.9 Å². The summed E-state index contributed by atoms with van der Waals surface area (Å²) >= 11 is 0. The first-order valence-electron chi connectivity index (χ1n) is 19.8. The topological polar surface area (TPSA) is 283 Å². The van der Waals surface area contributed by atoms with Crippen molar-refractivity contribution in [2.45, 2.75) is 82.8 Å². The number of methoxy groups -OCH3 is 1. The maximum Gasteiger partial charge on any atom is 0.510 e. The molecule has 4 rings (SSSR count). The van der Waals surface area contributed by atoms with Gasteiger partial charge >= 0.3 is 12.1 Å². The highest BCUT2D eigenvalue weighted by molar-refractivity contribution is 7.92. The van der Waals surface area contributed by atoms with Crippen LogP contribution in [0.3, 0.4) is 0 Å². The van der Waals surface area contributed by atoms with Crippen molar-refractivity contribution < 1.29 is 66.3 Å². The Morgan fingerprint density at radius 2 is 1.39 bits per heavy atom. The van der Waals surface area contributed by atoms with Gasteiger partial charge in [0.1, 0.15) is 13.2 Å². The van der Waals surface area contributed by atoms with Crippen molar-refractivity contribution in [3.63, 3.8) is 0 Å². The first-order valence-corrected chi connectivity index (χ1v) is 21.3. The molecule has 0 aliphatic rings. The lowest BCUT2D eigenvalue weighted by atomic mass is 9.87. The van der Waals surface area contributed by atoms with Gasteiger partial charge in [0, 0.05) is 18.8 Å². The molecule has 0 aliphatic heterocycles. The van der Waals surface area contributed by atoms with Gasteiger partial charge in [-0.05, 0) is 73.9 Å². The second-order valence-electron chi connectivity index (χ2n) is 14.4. The van der Waals surface area contributed by atoms with Gasteiger partial charge in [0.15, 0.2) is 29.4 Å². The number of benzene rings is 2. The maximum absolute atomic E-state index is 15.0. The predicted octanol–water partition coefficient (Wildman–Crippen LogP) is 6.41. The van der Waals surface area contributed by atoms with Crippen LogP contribution in [0.1, 0.15) is 71.8 Å². The van der Waals surface area contributed by atoms with Gasteiger partial charge in [-0.3, -0.25) is 4.79 Å². The van der Waals surface area contributed by atoms with Gasteiger partial charge in [0.2, 0.25) is 11.6 Å². The number of nitrogens with zero attached hydrogens (tertiary/aromatic N) is 7. The number of carbonyl (C=O) groups is 2. The van der Waals surface area contributed by atoms with E-state index in [1.54, 1.807) is 30.3 Å². The SMILES string of the molecule is COc1ccccc1Oc1c(OCCOC(=O)CCCCCO[N+](=O)[O-])nc(-c2ncccn2)nc1N(C(C)OC(=O)OCCCCO[N+](=O)[O-])S(=O)(=O)c1ccc(C(C)(C)C)cc1. The number of hydrogen-bond donors (Lipinski definition) is 0. The minimum atomic E-state index is -4.79. The Kier molecular flexibility index (Phi) is 18.5. The van der Waals surface area contributed by atoms with E-state index in [0.717, 1.165) is 5.56 Å². The van der Waals surface area contributed by atoms with Crippen LogP contribution >= 0.6 is 0 Å². The summed E-state index contributed by atoms with van der Waals surface area (Å²) in [7, 11) is -3.41. The van der Waals surface area contributed by atoms with E-state index >= 15 is 8.42 Å². The molecule has 346 valence electrons. The molecule has 0 bridgehead atoms. The van der Waals surface area contributed by atoms with E-state index < -0.39 is 50.1 Å². The number of hydrogen-bond acceptors (Lipinski definition) is 20. The van der Waals surface area contributed by atoms with E-state index in [0.29, 0.717) is 23.6 Å². The second kappa shape index (κ2) is 23.9. The van der Waals surface area contributed by atoms with Crippen molar-refractivity contribution in [3.8, 4) is 34.8 Å². The standard InChI is InChI=1S/C40H49N7O16S/c1-28(62-39(49)59-23-11-12-25-61-47(52)53)45(64(54,55)30-19-17-29(18-20-30)40(2,3)4)37-34(63-32-15-9-8-14-31(32)56-5)38(44-36(43-37)35-41-21-13-22-42-35)58-27-26-57-33(48)16-7-6-10-24-60-46(50)51/h8-9,13-15,17-22,28H,6-7,10-12,16,23-27H2,1-5H3. The summed E-state index contributed by atoms with van der Waals surface area (Å²) in [6.07, 6.45) is 1.30. The van der Waals surface area contributed by atoms with E-state index in [4.69, 9.17) is 28.4 Å². The molecule has 2 aromatic carbocycles. The lowest BCUT2D eigenvalue weighted by molar-refractivity contribution is -0.757. The Balaban J connectivity index is 1.80. The summed E-state index contributed by atoms with van der Waals surface area (Å²) in [6, 6.07) is 14.0. The summed E-state index contributed by atoms with van der Waals surface area (Å²) in [4.78, 5) is 72.4. The molecular weight excluding hydrogens is 867 g/mol. The number of unbranched alkanes of at least 4 members (excludes halogenated alkanes) is 3. The molecule has 0 N–H and O–H groups in total. The Labute approximate surface area is 368 Å². The first kappa shape index (κ1) is 49.5.